The molecule has 1 heterocycles. The minimum atomic E-state index is 0.757. The predicted molar refractivity (Wildman–Crippen MR) is 59.4 cm³/mol. The molecule has 74 valence electrons. The van der Waals surface area contributed by atoms with Gasteiger partial charge in [0.2, 0.25) is 0 Å². The summed E-state index contributed by atoms with van der Waals surface area (Å²) >= 11 is 5.93. The topological polar surface area (TPSA) is 41.6 Å². The van der Waals surface area contributed by atoms with Gasteiger partial charge in [0.1, 0.15) is 6.33 Å². The highest BCUT2D eigenvalue weighted by Crippen LogP contribution is 2.17. The molecule has 0 amide bonds. The van der Waals surface area contributed by atoms with Crippen LogP contribution >= 0.6 is 24.4 Å². The summed E-state index contributed by atoms with van der Waals surface area (Å²) in [5.74, 6) is 2.84. The van der Waals surface area contributed by atoms with Crippen LogP contribution in [0.1, 0.15) is 19.8 Å². The normalized spacial score (nSPS) is 13.1. The lowest BCUT2D eigenvalue weighted by Crippen LogP contribution is -1.97. The summed E-state index contributed by atoms with van der Waals surface area (Å²) in [4.78, 5) is 4.04. The average molecular weight is 217 g/mol. The molecule has 3 nitrogen and oxygen atoms in total. The second-order valence-corrected chi connectivity index (χ2v) is 4.58. The first-order valence-electron chi connectivity index (χ1n) is 4.42. The third kappa shape index (κ3) is 4.57. The smallest absolute Gasteiger partial charge is 0.183 e. The summed E-state index contributed by atoms with van der Waals surface area (Å²) in [6.45, 7) is 2.26. The largest absolute Gasteiger partial charge is 0.254 e. The molecule has 0 fully saturated rings. The molecule has 0 aliphatic carbocycles. The van der Waals surface area contributed by atoms with Gasteiger partial charge in [-0.15, -0.1) is 0 Å². The molecule has 0 radical (unpaired) electrons. The van der Waals surface area contributed by atoms with Crippen molar-refractivity contribution in [2.45, 2.75) is 24.9 Å². The molecule has 13 heavy (non-hydrogen) atoms. The summed E-state index contributed by atoms with van der Waals surface area (Å²) in [5.41, 5.74) is 0. The number of hydrogen-bond donors (Lipinski definition) is 2. The minimum absolute atomic E-state index is 0.757. The van der Waals surface area contributed by atoms with E-state index < -0.39 is 0 Å². The fourth-order valence-corrected chi connectivity index (χ4v) is 2.38. The maximum absolute atomic E-state index is 4.21. The number of thiol groups is 1. The van der Waals surface area contributed by atoms with Crippen molar-refractivity contribution in [1.82, 2.24) is 15.2 Å². The monoisotopic (exact) mass is 217 g/mol. The number of nitrogens with zero attached hydrogens (tertiary/aromatic N) is 2. The van der Waals surface area contributed by atoms with E-state index in [0.29, 0.717) is 0 Å². The van der Waals surface area contributed by atoms with Crippen LogP contribution in [0, 0.1) is 5.92 Å². The zero-order valence-corrected chi connectivity index (χ0v) is 9.44. The summed E-state index contributed by atoms with van der Waals surface area (Å²) in [7, 11) is 0. The molecule has 0 aliphatic heterocycles. The average Bonchev–Trinajstić information content (AvgIpc) is 2.57. The molecule has 1 N–H and O–H groups in total. The van der Waals surface area contributed by atoms with Crippen molar-refractivity contribution in [2.75, 3.05) is 11.5 Å². The maximum Gasteiger partial charge on any atom is 0.183 e. The Hall–Kier alpha value is -0.160. The molecule has 0 bridgehead atoms. The first-order valence-corrected chi connectivity index (χ1v) is 6.03. The number of rotatable bonds is 6. The van der Waals surface area contributed by atoms with Crippen LogP contribution in [-0.2, 0) is 0 Å². The van der Waals surface area contributed by atoms with Gasteiger partial charge in [-0.05, 0) is 24.5 Å². The number of H-pyrrole nitrogens is 1. The van der Waals surface area contributed by atoms with Gasteiger partial charge in [-0.2, -0.15) is 17.7 Å². The molecular weight excluding hydrogens is 202 g/mol. The molecule has 1 aromatic rings. The highest BCUT2D eigenvalue weighted by Gasteiger charge is 2.02. The van der Waals surface area contributed by atoms with Gasteiger partial charge in [0.05, 0.1) is 0 Å². The van der Waals surface area contributed by atoms with Crippen LogP contribution in [0.4, 0.5) is 0 Å². The van der Waals surface area contributed by atoms with Crippen molar-refractivity contribution in [3.05, 3.63) is 6.33 Å². The quantitative estimate of drug-likeness (QED) is 0.567. The summed E-state index contributed by atoms with van der Waals surface area (Å²) in [6, 6.07) is 0. The molecule has 0 spiro atoms. The van der Waals surface area contributed by atoms with E-state index in [1.54, 1.807) is 18.1 Å². The number of aromatic amines is 1. The lowest BCUT2D eigenvalue weighted by Gasteiger charge is -2.07. The first-order chi connectivity index (χ1) is 6.33. The van der Waals surface area contributed by atoms with E-state index >= 15 is 0 Å². The minimum Gasteiger partial charge on any atom is -0.254 e. The summed E-state index contributed by atoms with van der Waals surface area (Å²) in [5, 5.41) is 7.53. The van der Waals surface area contributed by atoms with Crippen molar-refractivity contribution in [2.24, 2.45) is 5.92 Å². The number of aromatic nitrogens is 3. The third-order valence-electron chi connectivity index (χ3n) is 1.86. The van der Waals surface area contributed by atoms with Crippen LogP contribution in [0.15, 0.2) is 11.5 Å². The number of hydrogen-bond acceptors (Lipinski definition) is 4. The molecule has 1 unspecified atom stereocenters. The van der Waals surface area contributed by atoms with Gasteiger partial charge in [-0.25, -0.2) is 4.98 Å². The van der Waals surface area contributed by atoms with E-state index in [1.165, 1.54) is 12.8 Å². The SMILES string of the molecule is CC(CCS)CCSc1ncn[nH]1. The van der Waals surface area contributed by atoms with Crippen molar-refractivity contribution in [3.63, 3.8) is 0 Å². The third-order valence-corrected chi connectivity index (χ3v) is 3.03. The van der Waals surface area contributed by atoms with E-state index in [9.17, 15) is 0 Å². The predicted octanol–water partition coefficient (Wildman–Crippen LogP) is 2.24. The maximum atomic E-state index is 4.21. The molecule has 1 aromatic heterocycles. The Labute approximate surface area is 88.5 Å². The Kier molecular flexibility index (Phi) is 5.31. The van der Waals surface area contributed by atoms with Crippen LogP contribution in [0.3, 0.4) is 0 Å². The van der Waals surface area contributed by atoms with Crippen molar-refractivity contribution in [1.29, 1.82) is 0 Å². The van der Waals surface area contributed by atoms with E-state index in [2.05, 4.69) is 34.7 Å². The Balaban J connectivity index is 2.07. The van der Waals surface area contributed by atoms with Gasteiger partial charge < -0.3 is 0 Å². The van der Waals surface area contributed by atoms with Crippen LogP contribution in [0.5, 0.6) is 0 Å². The lowest BCUT2D eigenvalue weighted by molar-refractivity contribution is 0.554. The Morgan fingerprint density at radius 3 is 3.08 bits per heavy atom. The zero-order valence-electron chi connectivity index (χ0n) is 7.73. The van der Waals surface area contributed by atoms with Gasteiger partial charge in [-0.3, -0.25) is 5.10 Å². The summed E-state index contributed by atoms with van der Waals surface area (Å²) in [6.07, 6.45) is 3.95. The fraction of sp³-hybridized carbons (Fsp3) is 0.750. The van der Waals surface area contributed by atoms with Gasteiger partial charge in [0.25, 0.3) is 0 Å². The van der Waals surface area contributed by atoms with Gasteiger partial charge in [-0.1, -0.05) is 18.7 Å². The van der Waals surface area contributed by atoms with Gasteiger partial charge in [0, 0.05) is 5.75 Å². The molecule has 0 aromatic carbocycles. The standard InChI is InChI=1S/C8H15N3S2/c1-7(2-4-12)3-5-13-8-9-6-10-11-8/h6-7,12H,2-5H2,1H3,(H,9,10,11). The van der Waals surface area contributed by atoms with Crippen LogP contribution in [0.2, 0.25) is 0 Å². The Morgan fingerprint density at radius 1 is 1.62 bits per heavy atom. The van der Waals surface area contributed by atoms with E-state index in [0.717, 1.165) is 22.6 Å². The van der Waals surface area contributed by atoms with Crippen LogP contribution < -0.4 is 0 Å². The Morgan fingerprint density at radius 2 is 2.46 bits per heavy atom. The second kappa shape index (κ2) is 6.32. The lowest BCUT2D eigenvalue weighted by atomic mass is 10.1. The van der Waals surface area contributed by atoms with Crippen LogP contribution in [0.25, 0.3) is 0 Å². The molecule has 1 atom stereocenters. The molecular formula is C8H15N3S2. The van der Waals surface area contributed by atoms with E-state index in [-0.39, 0.29) is 0 Å². The first kappa shape index (κ1) is 10.9. The molecule has 0 aliphatic rings. The summed E-state index contributed by atoms with van der Waals surface area (Å²) < 4.78 is 0. The van der Waals surface area contributed by atoms with E-state index in [1.807, 2.05) is 0 Å². The number of thioether (sulfide) groups is 1. The second-order valence-electron chi connectivity index (χ2n) is 3.05. The molecule has 0 saturated heterocycles. The molecule has 0 saturated carbocycles. The number of nitrogens with one attached hydrogen (secondary N) is 1. The van der Waals surface area contributed by atoms with Crippen LogP contribution in [-0.4, -0.2) is 26.7 Å². The fourth-order valence-electron chi connectivity index (χ4n) is 0.985. The van der Waals surface area contributed by atoms with Crippen molar-refractivity contribution >= 4 is 24.4 Å². The highest BCUT2D eigenvalue weighted by atomic mass is 32.2. The zero-order chi connectivity index (χ0) is 9.52. The van der Waals surface area contributed by atoms with Crippen molar-refractivity contribution in [3.8, 4) is 0 Å². The van der Waals surface area contributed by atoms with Crippen molar-refractivity contribution < 1.29 is 0 Å². The molecule has 1 rings (SSSR count). The van der Waals surface area contributed by atoms with E-state index in [4.69, 9.17) is 0 Å². The van der Waals surface area contributed by atoms with Gasteiger partial charge >= 0.3 is 0 Å². The Bertz CT molecular complexity index is 213. The highest BCUT2D eigenvalue weighted by molar-refractivity contribution is 7.99. The molecule has 5 heteroatoms. The van der Waals surface area contributed by atoms with Gasteiger partial charge in [0.15, 0.2) is 5.16 Å².